The molecular formula is C16H10ClN5O2S. The van der Waals surface area contributed by atoms with Gasteiger partial charge in [0, 0.05) is 17.4 Å². The van der Waals surface area contributed by atoms with Crippen molar-refractivity contribution in [1.29, 1.82) is 0 Å². The molecule has 25 heavy (non-hydrogen) atoms. The molecule has 1 aromatic carbocycles. The third kappa shape index (κ3) is 3.40. The van der Waals surface area contributed by atoms with E-state index in [1.165, 1.54) is 11.8 Å². The van der Waals surface area contributed by atoms with Gasteiger partial charge in [-0.05, 0) is 30.3 Å². The number of aromatic amines is 1. The number of nitrogens with zero attached hydrogens (tertiary/aromatic N) is 4. The van der Waals surface area contributed by atoms with Crippen LogP contribution in [0.1, 0.15) is 5.82 Å². The van der Waals surface area contributed by atoms with Crippen LogP contribution in [-0.2, 0) is 5.75 Å². The fourth-order valence-electron chi connectivity index (χ4n) is 2.23. The molecule has 3 heterocycles. The van der Waals surface area contributed by atoms with Crippen LogP contribution >= 0.6 is 23.4 Å². The second-order valence-corrected chi connectivity index (χ2v) is 6.44. The number of nitrogens with one attached hydrogen (secondary N) is 1. The maximum Gasteiger partial charge on any atom is 0.277 e. The standard InChI is InChI=1S/C16H10ClN5O2S/c17-10-3-4-12-11(6-10)14(23)20-13(19-12)8-25-16-22-21-15(24-16)9-2-1-5-18-7-9/h1-7H,8H2,(H,19,20,23). The van der Waals surface area contributed by atoms with E-state index in [2.05, 4.69) is 25.1 Å². The summed E-state index contributed by atoms with van der Waals surface area (Å²) in [4.78, 5) is 23.3. The molecule has 0 saturated carbocycles. The predicted molar refractivity (Wildman–Crippen MR) is 94.5 cm³/mol. The molecule has 4 rings (SSSR count). The Labute approximate surface area is 150 Å². The lowest BCUT2D eigenvalue weighted by atomic mass is 10.2. The van der Waals surface area contributed by atoms with Crippen molar-refractivity contribution in [3.8, 4) is 11.5 Å². The Morgan fingerprint density at radius 3 is 3.00 bits per heavy atom. The van der Waals surface area contributed by atoms with Gasteiger partial charge in [-0.15, -0.1) is 10.2 Å². The van der Waals surface area contributed by atoms with E-state index >= 15 is 0 Å². The van der Waals surface area contributed by atoms with Crippen molar-refractivity contribution in [2.24, 2.45) is 0 Å². The van der Waals surface area contributed by atoms with E-state index in [1.807, 2.05) is 6.07 Å². The van der Waals surface area contributed by atoms with Gasteiger partial charge in [0.1, 0.15) is 5.82 Å². The summed E-state index contributed by atoms with van der Waals surface area (Å²) in [6, 6.07) is 8.64. The molecule has 7 nitrogen and oxygen atoms in total. The Balaban J connectivity index is 1.54. The van der Waals surface area contributed by atoms with E-state index in [4.69, 9.17) is 16.0 Å². The highest BCUT2D eigenvalue weighted by atomic mass is 35.5. The zero-order valence-electron chi connectivity index (χ0n) is 12.6. The first-order chi connectivity index (χ1) is 12.2. The Morgan fingerprint density at radius 2 is 2.16 bits per heavy atom. The zero-order chi connectivity index (χ0) is 17.2. The number of hydrogen-bond donors (Lipinski definition) is 1. The van der Waals surface area contributed by atoms with E-state index in [0.29, 0.717) is 38.6 Å². The number of thioether (sulfide) groups is 1. The second-order valence-electron chi connectivity index (χ2n) is 5.08. The molecule has 0 radical (unpaired) electrons. The van der Waals surface area contributed by atoms with Crippen LogP contribution in [0.15, 0.2) is 57.2 Å². The van der Waals surface area contributed by atoms with Crippen LogP contribution < -0.4 is 5.56 Å². The maximum absolute atomic E-state index is 12.1. The predicted octanol–water partition coefficient (Wildman–Crippen LogP) is 3.31. The van der Waals surface area contributed by atoms with Crippen LogP contribution in [-0.4, -0.2) is 25.1 Å². The van der Waals surface area contributed by atoms with Crippen LogP contribution in [0.25, 0.3) is 22.4 Å². The molecular weight excluding hydrogens is 362 g/mol. The van der Waals surface area contributed by atoms with Crippen LogP contribution in [0.3, 0.4) is 0 Å². The molecule has 0 aliphatic rings. The van der Waals surface area contributed by atoms with E-state index in [1.54, 1.807) is 36.7 Å². The summed E-state index contributed by atoms with van der Waals surface area (Å²) in [5, 5.41) is 9.32. The molecule has 0 aliphatic heterocycles. The molecule has 0 amide bonds. The Bertz CT molecular complexity index is 1100. The number of halogens is 1. The van der Waals surface area contributed by atoms with E-state index in [-0.39, 0.29) is 5.56 Å². The summed E-state index contributed by atoms with van der Waals surface area (Å²) in [5.41, 5.74) is 1.10. The largest absolute Gasteiger partial charge is 0.411 e. The average Bonchev–Trinajstić information content (AvgIpc) is 3.10. The van der Waals surface area contributed by atoms with Crippen molar-refractivity contribution >= 4 is 34.3 Å². The summed E-state index contributed by atoms with van der Waals surface area (Å²) in [6.45, 7) is 0. The number of benzene rings is 1. The van der Waals surface area contributed by atoms with Crippen molar-refractivity contribution in [3.63, 3.8) is 0 Å². The van der Waals surface area contributed by atoms with Gasteiger partial charge in [-0.1, -0.05) is 23.4 Å². The highest BCUT2D eigenvalue weighted by molar-refractivity contribution is 7.98. The Morgan fingerprint density at radius 1 is 1.24 bits per heavy atom. The maximum atomic E-state index is 12.1. The lowest BCUT2D eigenvalue weighted by Gasteiger charge is -2.01. The van der Waals surface area contributed by atoms with Gasteiger partial charge in [0.25, 0.3) is 10.8 Å². The van der Waals surface area contributed by atoms with Crippen LogP contribution in [0, 0.1) is 0 Å². The smallest absolute Gasteiger partial charge is 0.277 e. The first kappa shape index (κ1) is 15.8. The van der Waals surface area contributed by atoms with Crippen molar-refractivity contribution in [3.05, 3.63) is 63.9 Å². The molecule has 124 valence electrons. The lowest BCUT2D eigenvalue weighted by molar-refractivity contribution is 0.465. The van der Waals surface area contributed by atoms with Gasteiger partial charge in [0.05, 0.1) is 22.2 Å². The van der Waals surface area contributed by atoms with Crippen molar-refractivity contribution in [2.45, 2.75) is 11.0 Å². The fourth-order valence-corrected chi connectivity index (χ4v) is 3.04. The van der Waals surface area contributed by atoms with Gasteiger partial charge in [-0.25, -0.2) is 4.98 Å². The second kappa shape index (κ2) is 6.66. The SMILES string of the molecule is O=c1[nH]c(CSc2nnc(-c3cccnc3)o2)nc2ccc(Cl)cc12. The Kier molecular flexibility index (Phi) is 4.21. The summed E-state index contributed by atoms with van der Waals surface area (Å²) < 4.78 is 5.59. The summed E-state index contributed by atoms with van der Waals surface area (Å²) in [7, 11) is 0. The number of pyridine rings is 1. The van der Waals surface area contributed by atoms with Gasteiger partial charge in [-0.2, -0.15) is 0 Å². The lowest BCUT2D eigenvalue weighted by Crippen LogP contribution is -2.11. The summed E-state index contributed by atoms with van der Waals surface area (Å²) in [6.07, 6.45) is 3.32. The third-order valence-corrected chi connectivity index (χ3v) is 4.43. The van der Waals surface area contributed by atoms with Gasteiger partial charge in [-0.3, -0.25) is 9.78 Å². The topological polar surface area (TPSA) is 97.6 Å². The first-order valence-electron chi connectivity index (χ1n) is 7.24. The number of fused-ring (bicyclic) bond motifs is 1. The zero-order valence-corrected chi connectivity index (χ0v) is 14.2. The molecule has 0 saturated heterocycles. The highest BCUT2D eigenvalue weighted by Crippen LogP contribution is 2.24. The molecule has 1 N–H and O–H groups in total. The molecule has 0 unspecified atom stereocenters. The first-order valence-corrected chi connectivity index (χ1v) is 8.60. The van der Waals surface area contributed by atoms with E-state index in [9.17, 15) is 4.79 Å². The molecule has 9 heteroatoms. The van der Waals surface area contributed by atoms with Crippen molar-refractivity contribution in [2.75, 3.05) is 0 Å². The third-order valence-electron chi connectivity index (χ3n) is 3.36. The molecule has 0 atom stereocenters. The van der Waals surface area contributed by atoms with Gasteiger partial charge < -0.3 is 9.40 Å². The number of aromatic nitrogens is 5. The summed E-state index contributed by atoms with van der Waals surface area (Å²) in [5.74, 6) is 1.30. The minimum atomic E-state index is -0.232. The summed E-state index contributed by atoms with van der Waals surface area (Å²) >= 11 is 7.20. The van der Waals surface area contributed by atoms with Crippen LogP contribution in [0.2, 0.25) is 5.02 Å². The van der Waals surface area contributed by atoms with Gasteiger partial charge in [0.15, 0.2) is 0 Å². The van der Waals surface area contributed by atoms with Gasteiger partial charge >= 0.3 is 0 Å². The molecule has 0 fully saturated rings. The quantitative estimate of drug-likeness (QED) is 0.549. The average molecular weight is 372 g/mol. The fraction of sp³-hybridized carbons (Fsp3) is 0.0625. The number of H-pyrrole nitrogens is 1. The monoisotopic (exact) mass is 371 g/mol. The molecule has 0 spiro atoms. The van der Waals surface area contributed by atoms with Crippen molar-refractivity contribution < 1.29 is 4.42 Å². The van der Waals surface area contributed by atoms with E-state index in [0.717, 1.165) is 5.56 Å². The normalized spacial score (nSPS) is 11.1. The van der Waals surface area contributed by atoms with Crippen LogP contribution in [0.4, 0.5) is 0 Å². The highest BCUT2D eigenvalue weighted by Gasteiger charge is 2.11. The van der Waals surface area contributed by atoms with Gasteiger partial charge in [0.2, 0.25) is 5.89 Å². The minimum Gasteiger partial charge on any atom is -0.411 e. The molecule has 4 aromatic rings. The molecule has 3 aromatic heterocycles. The van der Waals surface area contributed by atoms with E-state index < -0.39 is 0 Å². The minimum absolute atomic E-state index is 0.232. The number of rotatable bonds is 4. The van der Waals surface area contributed by atoms with Crippen molar-refractivity contribution in [1.82, 2.24) is 25.1 Å². The van der Waals surface area contributed by atoms with Crippen LogP contribution in [0.5, 0.6) is 0 Å². The molecule has 0 aliphatic carbocycles. The molecule has 0 bridgehead atoms. The number of hydrogen-bond acceptors (Lipinski definition) is 7. The Hall–Kier alpha value is -2.71.